The van der Waals surface area contributed by atoms with Crippen molar-refractivity contribution < 1.29 is 13.5 Å². The van der Waals surface area contributed by atoms with E-state index in [9.17, 15) is 8.78 Å². The third kappa shape index (κ3) is 3.66. The quantitative estimate of drug-likeness (QED) is 0.725. The molecule has 2 fully saturated rings. The molecule has 0 N–H and O–H groups in total. The number of hydrogen-bond donors (Lipinski definition) is 0. The Kier molecular flexibility index (Phi) is 5.40. The Balaban J connectivity index is 1.68. The molecular formula is C15H26F2O. The summed E-state index contributed by atoms with van der Waals surface area (Å²) >= 11 is 0. The first-order chi connectivity index (χ1) is 8.70. The average Bonchev–Trinajstić information content (AvgIpc) is 2.41. The van der Waals surface area contributed by atoms with Gasteiger partial charge >= 0.3 is 0 Å². The lowest BCUT2D eigenvalue weighted by molar-refractivity contribution is -0.0695. The van der Waals surface area contributed by atoms with E-state index < -0.39 is 18.4 Å². The average molecular weight is 260 g/mol. The predicted molar refractivity (Wildman–Crippen MR) is 69.1 cm³/mol. The highest BCUT2D eigenvalue weighted by Gasteiger charge is 2.34. The lowest BCUT2D eigenvalue weighted by atomic mass is 9.81. The first kappa shape index (κ1) is 14.2. The molecule has 0 radical (unpaired) electrons. The number of halogens is 2. The molecule has 0 bridgehead atoms. The molecule has 18 heavy (non-hydrogen) atoms. The predicted octanol–water partition coefficient (Wildman–Crippen LogP) is 4.45. The van der Waals surface area contributed by atoms with E-state index in [-0.39, 0.29) is 0 Å². The van der Waals surface area contributed by atoms with Gasteiger partial charge in [-0.3, -0.25) is 0 Å². The molecule has 2 aliphatic carbocycles. The van der Waals surface area contributed by atoms with Crippen LogP contribution < -0.4 is 0 Å². The van der Waals surface area contributed by atoms with Crippen LogP contribution in [0.5, 0.6) is 0 Å². The van der Waals surface area contributed by atoms with Crippen LogP contribution in [0, 0.1) is 11.8 Å². The summed E-state index contributed by atoms with van der Waals surface area (Å²) in [6.45, 7) is 2.88. The van der Waals surface area contributed by atoms with Crippen LogP contribution in [-0.4, -0.2) is 25.1 Å². The summed E-state index contributed by atoms with van der Waals surface area (Å²) in [5.41, 5.74) is 0. The molecule has 2 aliphatic rings. The van der Waals surface area contributed by atoms with Crippen molar-refractivity contribution in [2.45, 2.75) is 76.7 Å². The van der Waals surface area contributed by atoms with Gasteiger partial charge < -0.3 is 4.74 Å². The lowest BCUT2D eigenvalue weighted by Crippen LogP contribution is -2.38. The van der Waals surface area contributed by atoms with Crippen LogP contribution in [0.3, 0.4) is 0 Å². The molecule has 2 rings (SSSR count). The Hall–Kier alpha value is -0.180. The van der Waals surface area contributed by atoms with Gasteiger partial charge in [0.25, 0.3) is 0 Å². The highest BCUT2D eigenvalue weighted by atomic mass is 19.2. The maximum atomic E-state index is 13.6. The summed E-state index contributed by atoms with van der Waals surface area (Å²) < 4.78 is 32.5. The molecular weight excluding hydrogens is 234 g/mol. The molecule has 0 spiro atoms. The second-order valence-corrected chi connectivity index (χ2v) is 6.06. The van der Waals surface area contributed by atoms with Gasteiger partial charge in [0.05, 0.1) is 6.10 Å². The standard InChI is InChI=1S/C15H26F2O/c1-2-11-6-8-12(9-7-11)10-18-14-5-3-4-13(16)15(14)17/h11-15H,2-10H2,1H3. The van der Waals surface area contributed by atoms with Gasteiger partial charge in [0.1, 0.15) is 6.17 Å². The summed E-state index contributed by atoms with van der Waals surface area (Å²) in [7, 11) is 0. The van der Waals surface area contributed by atoms with Crippen molar-refractivity contribution in [2.75, 3.05) is 6.61 Å². The fourth-order valence-electron chi connectivity index (χ4n) is 3.31. The molecule has 0 saturated heterocycles. The van der Waals surface area contributed by atoms with Gasteiger partial charge in [-0.25, -0.2) is 8.78 Å². The first-order valence-corrected chi connectivity index (χ1v) is 7.60. The second kappa shape index (κ2) is 6.83. The van der Waals surface area contributed by atoms with Crippen molar-refractivity contribution in [3.05, 3.63) is 0 Å². The van der Waals surface area contributed by atoms with Crippen molar-refractivity contribution in [1.82, 2.24) is 0 Å². The maximum Gasteiger partial charge on any atom is 0.157 e. The van der Waals surface area contributed by atoms with Crippen LogP contribution >= 0.6 is 0 Å². The Morgan fingerprint density at radius 3 is 2.28 bits per heavy atom. The van der Waals surface area contributed by atoms with E-state index in [0.29, 0.717) is 25.4 Å². The van der Waals surface area contributed by atoms with E-state index in [2.05, 4.69) is 6.92 Å². The summed E-state index contributed by atoms with van der Waals surface area (Å²) in [5.74, 6) is 1.44. The zero-order valence-electron chi connectivity index (χ0n) is 11.4. The number of rotatable bonds is 4. The molecule has 0 aromatic rings. The van der Waals surface area contributed by atoms with Crippen LogP contribution in [0.1, 0.15) is 58.3 Å². The second-order valence-electron chi connectivity index (χ2n) is 6.06. The van der Waals surface area contributed by atoms with Crippen LogP contribution in [-0.2, 0) is 4.74 Å². The van der Waals surface area contributed by atoms with E-state index in [1.165, 1.54) is 32.1 Å². The molecule has 1 nitrogen and oxygen atoms in total. The van der Waals surface area contributed by atoms with Crippen LogP contribution in [0.2, 0.25) is 0 Å². The van der Waals surface area contributed by atoms with Gasteiger partial charge in [-0.05, 0) is 43.9 Å². The normalized spacial score (nSPS) is 41.8. The fraction of sp³-hybridized carbons (Fsp3) is 1.00. The van der Waals surface area contributed by atoms with Crippen molar-refractivity contribution >= 4 is 0 Å². The SMILES string of the molecule is CCC1CCC(COC2CCCC(F)C2F)CC1. The first-order valence-electron chi connectivity index (χ1n) is 7.60. The van der Waals surface area contributed by atoms with Crippen molar-refractivity contribution in [3.63, 3.8) is 0 Å². The fourth-order valence-corrected chi connectivity index (χ4v) is 3.31. The minimum Gasteiger partial charge on any atom is -0.375 e. The Morgan fingerprint density at radius 1 is 0.944 bits per heavy atom. The molecule has 3 atom stereocenters. The summed E-state index contributed by atoms with van der Waals surface area (Å²) in [4.78, 5) is 0. The topological polar surface area (TPSA) is 9.23 Å². The molecule has 2 saturated carbocycles. The Labute approximate surface area is 109 Å². The number of ether oxygens (including phenoxy) is 1. The van der Waals surface area contributed by atoms with E-state index in [0.717, 1.165) is 12.3 Å². The minimum atomic E-state index is -1.40. The zero-order valence-corrected chi connectivity index (χ0v) is 11.4. The number of hydrogen-bond acceptors (Lipinski definition) is 1. The van der Waals surface area contributed by atoms with Gasteiger partial charge in [-0.2, -0.15) is 0 Å². The van der Waals surface area contributed by atoms with E-state index in [1.807, 2.05) is 0 Å². The van der Waals surface area contributed by atoms with E-state index >= 15 is 0 Å². The van der Waals surface area contributed by atoms with E-state index in [1.54, 1.807) is 0 Å². The van der Waals surface area contributed by atoms with Crippen LogP contribution in [0.4, 0.5) is 8.78 Å². The number of alkyl halides is 2. The molecule has 3 unspecified atom stereocenters. The molecule has 0 amide bonds. The van der Waals surface area contributed by atoms with Gasteiger partial charge in [0, 0.05) is 6.61 Å². The van der Waals surface area contributed by atoms with Crippen molar-refractivity contribution in [1.29, 1.82) is 0 Å². The highest BCUT2D eigenvalue weighted by molar-refractivity contribution is 4.83. The van der Waals surface area contributed by atoms with Gasteiger partial charge in [0.2, 0.25) is 0 Å². The zero-order chi connectivity index (χ0) is 13.0. The molecule has 0 aromatic carbocycles. The third-order valence-electron chi connectivity index (χ3n) is 4.76. The van der Waals surface area contributed by atoms with Crippen molar-refractivity contribution in [3.8, 4) is 0 Å². The molecule has 106 valence electrons. The van der Waals surface area contributed by atoms with Gasteiger partial charge in [0.15, 0.2) is 6.17 Å². The van der Waals surface area contributed by atoms with Crippen molar-refractivity contribution in [2.24, 2.45) is 11.8 Å². The van der Waals surface area contributed by atoms with Gasteiger partial charge in [-0.15, -0.1) is 0 Å². The smallest absolute Gasteiger partial charge is 0.157 e. The lowest BCUT2D eigenvalue weighted by Gasteiger charge is -2.32. The minimum absolute atomic E-state index is 0.364. The molecule has 3 heteroatoms. The summed E-state index contributed by atoms with van der Waals surface area (Å²) in [6, 6.07) is 0. The van der Waals surface area contributed by atoms with Crippen LogP contribution in [0.25, 0.3) is 0 Å². The molecule has 0 heterocycles. The molecule has 0 aliphatic heterocycles. The van der Waals surface area contributed by atoms with E-state index in [4.69, 9.17) is 4.74 Å². The van der Waals surface area contributed by atoms with Crippen LogP contribution in [0.15, 0.2) is 0 Å². The highest BCUT2D eigenvalue weighted by Crippen LogP contribution is 2.32. The third-order valence-corrected chi connectivity index (χ3v) is 4.76. The Morgan fingerprint density at radius 2 is 1.61 bits per heavy atom. The largest absolute Gasteiger partial charge is 0.375 e. The maximum absolute atomic E-state index is 13.6. The monoisotopic (exact) mass is 260 g/mol. The summed E-state index contributed by atoms with van der Waals surface area (Å²) in [5, 5.41) is 0. The Bertz CT molecular complexity index is 239. The summed E-state index contributed by atoms with van der Waals surface area (Å²) in [6.07, 6.45) is 4.83. The van der Waals surface area contributed by atoms with Gasteiger partial charge in [-0.1, -0.05) is 26.2 Å². The molecule has 0 aromatic heterocycles.